The number of allylic oxidation sites excluding steroid dienone is 1. The van der Waals surface area contributed by atoms with Gasteiger partial charge in [0.25, 0.3) is 0 Å². The molecular weight excluding hydrogens is 467 g/mol. The Morgan fingerprint density at radius 1 is 0.794 bits per heavy atom. The van der Waals surface area contributed by atoms with E-state index < -0.39 is 16.1 Å². The Balaban J connectivity index is 1.92. The van der Waals surface area contributed by atoms with E-state index in [1.807, 2.05) is 47.2 Å². The van der Waals surface area contributed by atoms with Gasteiger partial charge in [-0.05, 0) is 48.1 Å². The third kappa shape index (κ3) is 4.97. The monoisotopic (exact) mass is 493 g/mol. The molecule has 4 aromatic rings. The summed E-state index contributed by atoms with van der Waals surface area (Å²) in [6, 6.07) is 20.8. The van der Waals surface area contributed by atoms with Gasteiger partial charge in [0.05, 0.1) is 0 Å². The van der Waals surface area contributed by atoms with Crippen LogP contribution in [-0.4, -0.2) is 30.9 Å². The van der Waals surface area contributed by atoms with Gasteiger partial charge in [0, 0.05) is 6.17 Å². The maximum absolute atomic E-state index is 13.9. The average molecular weight is 494 g/mol. The van der Waals surface area contributed by atoms with E-state index >= 15 is 0 Å². The molecule has 0 saturated carbocycles. The highest BCUT2D eigenvalue weighted by molar-refractivity contribution is 7.13. The molecule has 3 nitrogen and oxygen atoms in total. The summed E-state index contributed by atoms with van der Waals surface area (Å²) in [5, 5.41) is 7.55. The van der Waals surface area contributed by atoms with Crippen LogP contribution in [0, 0.1) is 17.5 Å². The molecule has 0 amide bonds. The first-order valence-electron chi connectivity index (χ1n) is 11.1. The molecule has 174 valence electrons. The molecule has 1 atom stereocenters. The van der Waals surface area contributed by atoms with Gasteiger partial charge in [0.15, 0.2) is 0 Å². The van der Waals surface area contributed by atoms with Gasteiger partial charge in [-0.3, -0.25) is 4.68 Å². The van der Waals surface area contributed by atoms with E-state index in [0.717, 1.165) is 21.2 Å². The lowest BCUT2D eigenvalue weighted by Gasteiger charge is -2.40. The molecule has 0 bridgehead atoms. The van der Waals surface area contributed by atoms with Gasteiger partial charge in [-0.1, -0.05) is 64.6 Å². The smallest absolute Gasteiger partial charge is 0.137 e. The molecule has 0 aliphatic rings. The largest absolute Gasteiger partial charge is 0.256 e. The quantitative estimate of drug-likeness (QED) is 0.258. The summed E-state index contributed by atoms with van der Waals surface area (Å²) < 4.78 is 43.5. The van der Waals surface area contributed by atoms with E-state index in [-0.39, 0.29) is 17.5 Å². The molecule has 0 N–H and O–H groups in total. The fourth-order valence-corrected chi connectivity index (χ4v) is 18.6. The Labute approximate surface area is 199 Å². The molecule has 4 rings (SSSR count). The zero-order chi connectivity index (χ0) is 24.2. The van der Waals surface area contributed by atoms with Crippen molar-refractivity contribution in [3.8, 4) is 0 Å². The number of benzene rings is 3. The Morgan fingerprint density at radius 2 is 1.26 bits per heavy atom. The highest BCUT2D eigenvalue weighted by Crippen LogP contribution is 2.26. The minimum absolute atomic E-state index is 0.285. The van der Waals surface area contributed by atoms with Crippen LogP contribution >= 0.6 is 0 Å². The van der Waals surface area contributed by atoms with Gasteiger partial charge < -0.3 is 0 Å². The molecule has 1 heterocycles. The SMILES string of the molecule is C=CC[Si](C[Si](C)(Cn1cncn1)c1ccc(F)cc1)(c1ccc(F)cc1)c1ccc(F)cc1. The highest BCUT2D eigenvalue weighted by Gasteiger charge is 2.45. The number of aromatic nitrogens is 3. The molecule has 0 aliphatic heterocycles. The van der Waals surface area contributed by atoms with Crippen molar-refractivity contribution in [1.82, 2.24) is 14.8 Å². The van der Waals surface area contributed by atoms with Crippen molar-refractivity contribution in [1.29, 1.82) is 0 Å². The standard InChI is InChI=1S/C26H26F3N3Si2/c1-3-16-34(25-12-6-22(28)7-13-25,26-14-8-23(29)9-15-26)20-33(2,19-32-18-30-17-31-32)24-10-4-21(27)5-11-24/h3-15,17-18H,1,16,19-20H2,2H3. The second-order valence-corrected chi connectivity index (χ2v) is 18.1. The van der Waals surface area contributed by atoms with Gasteiger partial charge in [-0.15, -0.1) is 6.58 Å². The van der Waals surface area contributed by atoms with Gasteiger partial charge in [-0.2, -0.15) is 5.10 Å². The second kappa shape index (κ2) is 9.94. The van der Waals surface area contributed by atoms with Crippen LogP contribution in [0.4, 0.5) is 13.2 Å². The summed E-state index contributed by atoms with van der Waals surface area (Å²) in [7, 11) is -5.00. The maximum atomic E-state index is 13.9. The summed E-state index contributed by atoms with van der Waals surface area (Å²) >= 11 is 0. The number of halogens is 3. The molecule has 0 aliphatic carbocycles. The van der Waals surface area contributed by atoms with Crippen LogP contribution in [0.25, 0.3) is 0 Å². The van der Waals surface area contributed by atoms with Crippen molar-refractivity contribution in [2.75, 3.05) is 0 Å². The summed E-state index contributed by atoms with van der Waals surface area (Å²) in [5.41, 5.74) is 0.814. The zero-order valence-corrected chi connectivity index (χ0v) is 21.0. The van der Waals surface area contributed by atoms with Crippen molar-refractivity contribution in [3.05, 3.63) is 116 Å². The van der Waals surface area contributed by atoms with E-state index in [2.05, 4.69) is 23.2 Å². The average Bonchev–Trinajstić information content (AvgIpc) is 3.33. The Morgan fingerprint density at radius 3 is 1.68 bits per heavy atom. The lowest BCUT2D eigenvalue weighted by Crippen LogP contribution is -2.66. The van der Waals surface area contributed by atoms with Crippen LogP contribution in [0.3, 0.4) is 0 Å². The molecule has 1 aromatic heterocycles. The maximum Gasteiger partial charge on any atom is 0.137 e. The summed E-state index contributed by atoms with van der Waals surface area (Å²) in [6.45, 7) is 6.31. The number of hydrogen-bond donors (Lipinski definition) is 0. The van der Waals surface area contributed by atoms with Crippen molar-refractivity contribution < 1.29 is 13.2 Å². The molecule has 8 heteroatoms. The van der Waals surface area contributed by atoms with Gasteiger partial charge in [-0.25, -0.2) is 18.2 Å². The van der Waals surface area contributed by atoms with Gasteiger partial charge in [0.2, 0.25) is 0 Å². The minimum atomic E-state index is -2.60. The van der Waals surface area contributed by atoms with Crippen LogP contribution in [0.15, 0.2) is 98.1 Å². The van der Waals surface area contributed by atoms with E-state index in [9.17, 15) is 13.2 Å². The first kappa shape index (κ1) is 23.9. The van der Waals surface area contributed by atoms with E-state index in [1.165, 1.54) is 42.7 Å². The Kier molecular flexibility index (Phi) is 6.99. The topological polar surface area (TPSA) is 30.7 Å². The molecule has 0 radical (unpaired) electrons. The zero-order valence-electron chi connectivity index (χ0n) is 19.0. The van der Waals surface area contributed by atoms with Crippen molar-refractivity contribution in [3.63, 3.8) is 0 Å². The second-order valence-electron chi connectivity index (χ2n) is 8.93. The van der Waals surface area contributed by atoms with Crippen molar-refractivity contribution in [2.45, 2.75) is 24.4 Å². The minimum Gasteiger partial charge on any atom is -0.256 e. The van der Waals surface area contributed by atoms with E-state index in [4.69, 9.17) is 0 Å². The molecule has 0 spiro atoms. The van der Waals surface area contributed by atoms with Crippen molar-refractivity contribution in [2.24, 2.45) is 0 Å². The normalized spacial score (nSPS) is 13.4. The molecule has 0 fully saturated rings. The van der Waals surface area contributed by atoms with Gasteiger partial charge >= 0.3 is 0 Å². The predicted octanol–water partition coefficient (Wildman–Crippen LogP) is 4.21. The third-order valence-corrected chi connectivity index (χ3v) is 18.6. The van der Waals surface area contributed by atoms with Crippen LogP contribution in [0.2, 0.25) is 18.3 Å². The van der Waals surface area contributed by atoms with Gasteiger partial charge in [0.1, 0.15) is 46.3 Å². The molecule has 3 aromatic carbocycles. The number of rotatable bonds is 9. The molecule has 0 saturated heterocycles. The fraction of sp³-hybridized carbons (Fsp3) is 0.154. The van der Waals surface area contributed by atoms with Crippen LogP contribution in [0.1, 0.15) is 0 Å². The summed E-state index contributed by atoms with van der Waals surface area (Å²) in [4.78, 5) is 4.11. The first-order valence-corrected chi connectivity index (χ1v) is 16.4. The number of hydrogen-bond acceptors (Lipinski definition) is 2. The molecule has 34 heavy (non-hydrogen) atoms. The lowest BCUT2D eigenvalue weighted by atomic mass is 10.3. The van der Waals surface area contributed by atoms with Crippen molar-refractivity contribution >= 4 is 31.7 Å². The Hall–Kier alpha value is -3.24. The van der Waals surface area contributed by atoms with E-state index in [0.29, 0.717) is 12.2 Å². The van der Waals surface area contributed by atoms with Crippen LogP contribution < -0.4 is 15.6 Å². The molecule has 1 unspecified atom stereocenters. The number of nitrogens with zero attached hydrogens (tertiary/aromatic N) is 3. The fourth-order valence-electron chi connectivity index (χ4n) is 4.90. The molecular formula is C26H26F3N3Si2. The first-order chi connectivity index (χ1) is 16.3. The van der Waals surface area contributed by atoms with E-state index in [1.54, 1.807) is 6.33 Å². The third-order valence-electron chi connectivity index (χ3n) is 6.50. The summed E-state index contributed by atoms with van der Waals surface area (Å²) in [5.74, 6) is -0.886. The van der Waals surface area contributed by atoms with Crippen LogP contribution in [0.5, 0.6) is 0 Å². The van der Waals surface area contributed by atoms with Crippen LogP contribution in [-0.2, 0) is 6.17 Å². The Bertz CT molecular complexity index is 1180. The summed E-state index contributed by atoms with van der Waals surface area (Å²) in [6.07, 6.45) is 5.76. The predicted molar refractivity (Wildman–Crippen MR) is 135 cm³/mol. The lowest BCUT2D eigenvalue weighted by molar-refractivity contribution is 0.627. The highest BCUT2D eigenvalue weighted by atomic mass is 28.4.